The van der Waals surface area contributed by atoms with Crippen LogP contribution in [0.4, 0.5) is 5.69 Å². The number of allylic oxidation sites excluding steroid dienone is 4. The Morgan fingerprint density at radius 3 is 1.96 bits per heavy atom. The molecule has 4 atom stereocenters. The zero-order chi connectivity index (χ0) is 15.6. The number of nitrogens with zero attached hydrogens (tertiary/aromatic N) is 1. The lowest BCUT2D eigenvalue weighted by atomic mass is 9.85. The molecule has 0 unspecified atom stereocenters. The van der Waals surface area contributed by atoms with Crippen LogP contribution >= 0.6 is 0 Å². The predicted molar refractivity (Wildman–Crippen MR) is 87.5 cm³/mol. The first kappa shape index (κ1) is 13.3. The smallest absolute Gasteiger partial charge is 0.238 e. The van der Waals surface area contributed by atoms with E-state index in [1.54, 1.807) is 0 Å². The van der Waals surface area contributed by atoms with Crippen LogP contribution in [0.1, 0.15) is 25.7 Å². The number of benzene rings is 1. The van der Waals surface area contributed by atoms with E-state index in [1.807, 2.05) is 30.3 Å². The molecule has 0 radical (unpaired) electrons. The largest absolute Gasteiger partial charge is 0.274 e. The number of hydrogen-bond acceptors (Lipinski definition) is 2. The van der Waals surface area contributed by atoms with Crippen LogP contribution in [0.5, 0.6) is 0 Å². The number of carbonyl (C=O) groups is 2. The van der Waals surface area contributed by atoms with Crippen molar-refractivity contribution in [2.24, 2.45) is 23.7 Å². The van der Waals surface area contributed by atoms with E-state index >= 15 is 0 Å². The van der Waals surface area contributed by atoms with Crippen molar-refractivity contribution < 1.29 is 9.59 Å². The fraction of sp³-hybridized carbons (Fsp3) is 0.400. The van der Waals surface area contributed by atoms with Crippen LogP contribution in [0.2, 0.25) is 0 Å². The van der Waals surface area contributed by atoms with Gasteiger partial charge in [-0.2, -0.15) is 0 Å². The molecule has 5 rings (SSSR count). The molecule has 0 spiro atoms. The summed E-state index contributed by atoms with van der Waals surface area (Å²) in [4.78, 5) is 27.4. The molecule has 1 aliphatic heterocycles. The Balaban J connectivity index is 1.57. The molecule has 23 heavy (non-hydrogen) atoms. The van der Waals surface area contributed by atoms with Crippen molar-refractivity contribution in [2.75, 3.05) is 4.90 Å². The SMILES string of the molecule is O=C1[C@@H]2[C@H](C(=O)N1c1ccccc1)[C@H]1C=C[C@@H]2C1=C1CCCC1. The molecule has 1 aromatic carbocycles. The summed E-state index contributed by atoms with van der Waals surface area (Å²) in [6.45, 7) is 0. The van der Waals surface area contributed by atoms with Gasteiger partial charge in [0, 0.05) is 11.8 Å². The minimum atomic E-state index is -0.166. The van der Waals surface area contributed by atoms with Gasteiger partial charge in [-0.15, -0.1) is 0 Å². The van der Waals surface area contributed by atoms with Crippen molar-refractivity contribution in [3.8, 4) is 0 Å². The van der Waals surface area contributed by atoms with E-state index in [9.17, 15) is 9.59 Å². The highest BCUT2D eigenvalue weighted by Crippen LogP contribution is 2.58. The summed E-state index contributed by atoms with van der Waals surface area (Å²) >= 11 is 0. The van der Waals surface area contributed by atoms with Crippen LogP contribution < -0.4 is 4.90 Å². The highest BCUT2D eigenvalue weighted by molar-refractivity contribution is 6.23. The molecule has 3 aliphatic carbocycles. The molecule has 4 aliphatic rings. The Labute approximate surface area is 135 Å². The summed E-state index contributed by atoms with van der Waals surface area (Å²) in [5.41, 5.74) is 3.67. The van der Waals surface area contributed by atoms with Crippen LogP contribution in [-0.4, -0.2) is 11.8 Å². The second kappa shape index (κ2) is 4.67. The minimum Gasteiger partial charge on any atom is -0.274 e. The zero-order valence-corrected chi connectivity index (χ0v) is 12.9. The average Bonchev–Trinajstić information content (AvgIpc) is 3.31. The predicted octanol–water partition coefficient (Wildman–Crippen LogP) is 3.48. The lowest BCUT2D eigenvalue weighted by Gasteiger charge is -2.19. The zero-order valence-electron chi connectivity index (χ0n) is 12.9. The highest BCUT2D eigenvalue weighted by atomic mass is 16.2. The van der Waals surface area contributed by atoms with Gasteiger partial charge in [-0.05, 0) is 37.8 Å². The van der Waals surface area contributed by atoms with E-state index in [4.69, 9.17) is 0 Å². The first-order chi connectivity index (χ1) is 11.3. The highest BCUT2D eigenvalue weighted by Gasteiger charge is 2.62. The summed E-state index contributed by atoms with van der Waals surface area (Å²) < 4.78 is 0. The topological polar surface area (TPSA) is 37.4 Å². The molecule has 0 N–H and O–H groups in total. The maximum Gasteiger partial charge on any atom is 0.238 e. The van der Waals surface area contributed by atoms with E-state index in [2.05, 4.69) is 12.2 Å². The summed E-state index contributed by atoms with van der Waals surface area (Å²) in [5.74, 6) is 0.00595. The Kier molecular flexibility index (Phi) is 2.70. The van der Waals surface area contributed by atoms with Crippen LogP contribution in [0.3, 0.4) is 0 Å². The molecule has 2 amide bonds. The van der Waals surface area contributed by atoms with Crippen molar-refractivity contribution in [3.63, 3.8) is 0 Å². The fourth-order valence-electron chi connectivity index (χ4n) is 5.16. The molecule has 3 heteroatoms. The summed E-state index contributed by atoms with van der Waals surface area (Å²) in [6, 6.07) is 9.36. The molecular formula is C20H19NO2. The second-order valence-corrected chi connectivity index (χ2v) is 7.10. The van der Waals surface area contributed by atoms with Gasteiger partial charge in [-0.25, -0.2) is 4.90 Å². The third-order valence-corrected chi connectivity index (χ3v) is 6.05. The van der Waals surface area contributed by atoms with E-state index in [-0.39, 0.29) is 35.5 Å². The molecule has 1 saturated heterocycles. The number of carbonyl (C=O) groups excluding carboxylic acids is 2. The molecule has 2 saturated carbocycles. The van der Waals surface area contributed by atoms with Gasteiger partial charge < -0.3 is 0 Å². The number of fused-ring (bicyclic) bond motifs is 5. The van der Waals surface area contributed by atoms with Gasteiger partial charge in [0.05, 0.1) is 17.5 Å². The van der Waals surface area contributed by atoms with Crippen molar-refractivity contribution in [1.82, 2.24) is 0 Å². The average molecular weight is 305 g/mol. The standard InChI is InChI=1S/C20H19NO2/c22-19-17-14-10-11-15(16(14)12-6-4-5-7-12)18(17)20(23)21(19)13-8-2-1-3-9-13/h1-3,8-11,14-15,17-18H,4-7H2/t14-,15+,17+,18-. The molecule has 3 fully saturated rings. The van der Waals surface area contributed by atoms with E-state index in [0.717, 1.165) is 12.8 Å². The molecule has 1 aromatic rings. The Morgan fingerprint density at radius 1 is 0.826 bits per heavy atom. The Bertz CT molecular complexity index is 719. The fourth-order valence-corrected chi connectivity index (χ4v) is 5.16. The molecule has 1 heterocycles. The van der Waals surface area contributed by atoms with E-state index in [0.29, 0.717) is 5.69 Å². The van der Waals surface area contributed by atoms with Crippen LogP contribution in [-0.2, 0) is 9.59 Å². The third kappa shape index (κ3) is 1.65. The number of amides is 2. The quantitative estimate of drug-likeness (QED) is 0.588. The second-order valence-electron chi connectivity index (χ2n) is 7.10. The third-order valence-electron chi connectivity index (χ3n) is 6.05. The Hall–Kier alpha value is -2.16. The first-order valence-electron chi connectivity index (χ1n) is 8.60. The monoisotopic (exact) mass is 305 g/mol. The van der Waals surface area contributed by atoms with Gasteiger partial charge in [0.25, 0.3) is 0 Å². The molecule has 2 bridgehead atoms. The van der Waals surface area contributed by atoms with E-state index < -0.39 is 0 Å². The van der Waals surface area contributed by atoms with Crippen LogP contribution in [0.15, 0.2) is 53.6 Å². The van der Waals surface area contributed by atoms with Gasteiger partial charge in [-0.3, -0.25) is 9.59 Å². The van der Waals surface area contributed by atoms with Crippen molar-refractivity contribution >= 4 is 17.5 Å². The van der Waals surface area contributed by atoms with Gasteiger partial charge in [-0.1, -0.05) is 41.5 Å². The Morgan fingerprint density at radius 2 is 1.39 bits per heavy atom. The number of imide groups is 1. The van der Waals surface area contributed by atoms with Gasteiger partial charge in [0.2, 0.25) is 11.8 Å². The lowest BCUT2D eigenvalue weighted by Crippen LogP contribution is -2.33. The van der Waals surface area contributed by atoms with Gasteiger partial charge in [0.1, 0.15) is 0 Å². The number of anilines is 1. The normalized spacial score (nSPS) is 34.9. The molecule has 3 nitrogen and oxygen atoms in total. The number of para-hydroxylation sites is 1. The minimum absolute atomic E-state index is 0.000790. The van der Waals surface area contributed by atoms with Crippen molar-refractivity contribution in [2.45, 2.75) is 25.7 Å². The lowest BCUT2D eigenvalue weighted by molar-refractivity contribution is -0.122. The molecular weight excluding hydrogens is 286 g/mol. The molecule has 116 valence electrons. The maximum absolute atomic E-state index is 13.0. The van der Waals surface area contributed by atoms with E-state index in [1.165, 1.54) is 28.9 Å². The number of hydrogen-bond donors (Lipinski definition) is 0. The maximum atomic E-state index is 13.0. The van der Waals surface area contributed by atoms with Gasteiger partial charge in [0.15, 0.2) is 0 Å². The van der Waals surface area contributed by atoms with Crippen molar-refractivity contribution in [1.29, 1.82) is 0 Å². The van der Waals surface area contributed by atoms with Crippen LogP contribution in [0.25, 0.3) is 0 Å². The van der Waals surface area contributed by atoms with Crippen molar-refractivity contribution in [3.05, 3.63) is 53.6 Å². The van der Waals surface area contributed by atoms with Crippen LogP contribution in [0, 0.1) is 23.7 Å². The molecule has 0 aromatic heterocycles. The summed E-state index contributed by atoms with van der Waals surface area (Å²) in [7, 11) is 0. The summed E-state index contributed by atoms with van der Waals surface area (Å²) in [5, 5.41) is 0. The number of rotatable bonds is 1. The first-order valence-corrected chi connectivity index (χ1v) is 8.60. The summed E-state index contributed by atoms with van der Waals surface area (Å²) in [6.07, 6.45) is 9.21. The van der Waals surface area contributed by atoms with Gasteiger partial charge >= 0.3 is 0 Å².